The lowest BCUT2D eigenvalue weighted by atomic mass is 10.1. The maximum atomic E-state index is 12.1. The Morgan fingerprint density at radius 2 is 2.05 bits per heavy atom. The predicted molar refractivity (Wildman–Crippen MR) is 86.4 cm³/mol. The van der Waals surface area contributed by atoms with E-state index in [2.05, 4.69) is 31.8 Å². The lowest BCUT2D eigenvalue weighted by Crippen LogP contribution is -2.42. The number of H-pyrrole nitrogens is 1. The molecular formula is C15H13BrClN3O2. The van der Waals surface area contributed by atoms with Crippen molar-refractivity contribution in [1.82, 2.24) is 15.8 Å². The van der Waals surface area contributed by atoms with Crippen LogP contribution in [0.15, 0.2) is 41.0 Å². The molecular weight excluding hydrogens is 370 g/mol. The summed E-state index contributed by atoms with van der Waals surface area (Å²) in [5.74, 6) is -0.640. The van der Waals surface area contributed by atoms with Crippen molar-refractivity contribution in [2.75, 3.05) is 0 Å². The third-order valence-electron chi connectivity index (χ3n) is 3.62. The number of carbonyl (C=O) groups excluding carboxylic acids is 2. The summed E-state index contributed by atoms with van der Waals surface area (Å²) in [7, 11) is 0. The molecule has 1 aliphatic carbocycles. The van der Waals surface area contributed by atoms with Gasteiger partial charge < -0.3 is 4.98 Å². The van der Waals surface area contributed by atoms with Crippen LogP contribution in [0.2, 0.25) is 5.02 Å². The molecule has 0 saturated heterocycles. The molecule has 0 aliphatic heterocycles. The third kappa shape index (κ3) is 3.18. The highest BCUT2D eigenvalue weighted by Crippen LogP contribution is 2.49. The van der Waals surface area contributed by atoms with Crippen molar-refractivity contribution in [1.29, 1.82) is 0 Å². The maximum Gasteiger partial charge on any atom is 0.286 e. The second kappa shape index (κ2) is 6.14. The average molecular weight is 383 g/mol. The van der Waals surface area contributed by atoms with Crippen molar-refractivity contribution in [3.8, 4) is 0 Å². The van der Waals surface area contributed by atoms with Crippen molar-refractivity contribution < 1.29 is 9.59 Å². The zero-order valence-corrected chi connectivity index (χ0v) is 13.7. The number of benzene rings is 1. The second-order valence-corrected chi connectivity index (χ2v) is 6.47. The van der Waals surface area contributed by atoms with E-state index in [1.807, 2.05) is 24.3 Å². The fraction of sp³-hybridized carbons (Fsp3) is 0.200. The van der Waals surface area contributed by atoms with Crippen LogP contribution in [-0.4, -0.2) is 16.8 Å². The van der Waals surface area contributed by atoms with Crippen LogP contribution in [0.25, 0.3) is 0 Å². The SMILES string of the molecule is O=C(NNC(=O)C1CC1c1ccccc1Cl)c1cc(Br)c[nH]1. The van der Waals surface area contributed by atoms with E-state index in [1.165, 1.54) is 0 Å². The van der Waals surface area contributed by atoms with Crippen LogP contribution in [0.4, 0.5) is 0 Å². The van der Waals surface area contributed by atoms with E-state index in [0.29, 0.717) is 10.7 Å². The molecule has 1 aromatic carbocycles. The number of aromatic amines is 1. The van der Waals surface area contributed by atoms with E-state index in [9.17, 15) is 9.59 Å². The molecule has 0 radical (unpaired) electrons. The largest absolute Gasteiger partial charge is 0.356 e. The van der Waals surface area contributed by atoms with Crippen LogP contribution < -0.4 is 10.9 Å². The van der Waals surface area contributed by atoms with Crippen LogP contribution in [0, 0.1) is 5.92 Å². The first-order valence-corrected chi connectivity index (χ1v) is 7.92. The van der Waals surface area contributed by atoms with E-state index >= 15 is 0 Å². The number of hydrogen-bond acceptors (Lipinski definition) is 2. The summed E-state index contributed by atoms with van der Waals surface area (Å²) in [5.41, 5.74) is 6.19. The molecule has 114 valence electrons. The Hall–Kier alpha value is -1.79. The topological polar surface area (TPSA) is 74.0 Å². The van der Waals surface area contributed by atoms with E-state index in [4.69, 9.17) is 11.6 Å². The van der Waals surface area contributed by atoms with Gasteiger partial charge in [-0.2, -0.15) is 0 Å². The zero-order chi connectivity index (χ0) is 15.7. The molecule has 1 aliphatic rings. The average Bonchev–Trinajstić information content (AvgIpc) is 3.18. The van der Waals surface area contributed by atoms with E-state index in [-0.39, 0.29) is 17.7 Å². The van der Waals surface area contributed by atoms with Gasteiger partial charge in [0.2, 0.25) is 5.91 Å². The number of hydrogen-bond donors (Lipinski definition) is 3. The first-order chi connectivity index (χ1) is 10.6. The highest BCUT2D eigenvalue weighted by atomic mass is 79.9. The molecule has 1 saturated carbocycles. The van der Waals surface area contributed by atoms with Crippen LogP contribution in [-0.2, 0) is 4.79 Å². The molecule has 0 spiro atoms. The number of halogens is 2. The van der Waals surface area contributed by atoms with Crippen molar-refractivity contribution in [2.45, 2.75) is 12.3 Å². The second-order valence-electron chi connectivity index (χ2n) is 5.15. The van der Waals surface area contributed by atoms with Crippen molar-refractivity contribution in [3.05, 3.63) is 57.3 Å². The van der Waals surface area contributed by atoms with Crippen LogP contribution in [0.3, 0.4) is 0 Å². The van der Waals surface area contributed by atoms with Crippen molar-refractivity contribution in [2.24, 2.45) is 5.92 Å². The highest BCUT2D eigenvalue weighted by molar-refractivity contribution is 9.10. The Labute approximate surface area is 140 Å². The molecule has 2 atom stereocenters. The summed E-state index contributed by atoms with van der Waals surface area (Å²) in [4.78, 5) is 26.7. The standard InChI is InChI=1S/C15H13BrClN3O2/c16-8-5-13(18-7-8)15(22)20-19-14(21)11-6-10(11)9-3-1-2-4-12(9)17/h1-5,7,10-11,18H,6H2,(H,19,21)(H,20,22). The fourth-order valence-corrected chi connectivity index (χ4v) is 3.00. The lowest BCUT2D eigenvalue weighted by Gasteiger charge is -2.07. The maximum absolute atomic E-state index is 12.1. The minimum atomic E-state index is -0.394. The molecule has 0 bridgehead atoms. The number of nitrogens with one attached hydrogen (secondary N) is 3. The van der Waals surface area contributed by atoms with Crippen LogP contribution in [0.1, 0.15) is 28.4 Å². The normalized spacial score (nSPS) is 19.5. The quantitative estimate of drug-likeness (QED) is 0.714. The minimum absolute atomic E-state index is 0.116. The molecule has 1 heterocycles. The summed E-state index contributed by atoms with van der Waals surface area (Å²) in [6.07, 6.45) is 2.38. The predicted octanol–water partition coefficient (Wildman–Crippen LogP) is 3.00. The first-order valence-electron chi connectivity index (χ1n) is 6.75. The number of rotatable bonds is 3. The zero-order valence-electron chi connectivity index (χ0n) is 11.4. The van der Waals surface area contributed by atoms with Gasteiger partial charge in [-0.05, 0) is 46.0 Å². The molecule has 3 N–H and O–H groups in total. The molecule has 2 aromatic rings. The summed E-state index contributed by atoms with van der Waals surface area (Å²) in [6, 6.07) is 9.13. The minimum Gasteiger partial charge on any atom is -0.356 e. The van der Waals surface area contributed by atoms with Gasteiger partial charge in [0, 0.05) is 21.6 Å². The number of aromatic nitrogens is 1. The van der Waals surface area contributed by atoms with Gasteiger partial charge in [0.05, 0.1) is 0 Å². The lowest BCUT2D eigenvalue weighted by molar-refractivity contribution is -0.123. The van der Waals surface area contributed by atoms with Gasteiger partial charge in [0.15, 0.2) is 0 Å². The Morgan fingerprint density at radius 1 is 1.27 bits per heavy atom. The Balaban J connectivity index is 1.54. The van der Waals surface area contributed by atoms with Gasteiger partial charge in [-0.1, -0.05) is 29.8 Å². The van der Waals surface area contributed by atoms with Crippen LogP contribution >= 0.6 is 27.5 Å². The molecule has 2 unspecified atom stereocenters. The van der Waals surface area contributed by atoms with Crippen LogP contribution in [0.5, 0.6) is 0 Å². The Bertz CT molecular complexity index is 731. The van der Waals surface area contributed by atoms with Gasteiger partial charge >= 0.3 is 0 Å². The smallest absolute Gasteiger partial charge is 0.286 e. The molecule has 1 aromatic heterocycles. The molecule has 5 nitrogen and oxygen atoms in total. The van der Waals surface area contributed by atoms with E-state index in [0.717, 1.165) is 16.5 Å². The number of carbonyl (C=O) groups is 2. The van der Waals surface area contributed by atoms with Crippen molar-refractivity contribution >= 4 is 39.3 Å². The Kier molecular flexibility index (Phi) is 4.22. The van der Waals surface area contributed by atoms with E-state index in [1.54, 1.807) is 12.3 Å². The highest BCUT2D eigenvalue weighted by Gasteiger charge is 2.44. The van der Waals surface area contributed by atoms with Gasteiger partial charge in [-0.3, -0.25) is 20.4 Å². The molecule has 2 amide bonds. The fourth-order valence-electron chi connectivity index (χ4n) is 2.38. The monoisotopic (exact) mass is 381 g/mol. The summed E-state index contributed by atoms with van der Waals surface area (Å²) in [5, 5.41) is 0.670. The Morgan fingerprint density at radius 3 is 2.73 bits per heavy atom. The van der Waals surface area contributed by atoms with E-state index < -0.39 is 5.91 Å². The van der Waals surface area contributed by atoms with Gasteiger partial charge in [0.25, 0.3) is 5.91 Å². The van der Waals surface area contributed by atoms with Gasteiger partial charge in [-0.15, -0.1) is 0 Å². The molecule has 22 heavy (non-hydrogen) atoms. The number of amides is 2. The summed E-state index contributed by atoms with van der Waals surface area (Å²) >= 11 is 9.37. The molecule has 3 rings (SSSR count). The van der Waals surface area contributed by atoms with Crippen molar-refractivity contribution in [3.63, 3.8) is 0 Å². The molecule has 1 fully saturated rings. The summed E-state index contributed by atoms with van der Waals surface area (Å²) < 4.78 is 0.768. The van der Waals surface area contributed by atoms with Gasteiger partial charge in [-0.25, -0.2) is 0 Å². The summed E-state index contributed by atoms with van der Waals surface area (Å²) in [6.45, 7) is 0. The third-order valence-corrected chi connectivity index (χ3v) is 4.43. The molecule has 7 heteroatoms. The number of hydrazine groups is 1. The van der Waals surface area contributed by atoms with Gasteiger partial charge in [0.1, 0.15) is 5.69 Å². The first kappa shape index (κ1) is 15.1.